The van der Waals surface area contributed by atoms with Crippen molar-refractivity contribution >= 4 is 12.0 Å². The van der Waals surface area contributed by atoms with E-state index in [1.807, 2.05) is 37.3 Å². The number of carbonyl (C=O) groups excluding carboxylic acids is 2. The molecule has 1 heterocycles. The van der Waals surface area contributed by atoms with Crippen LogP contribution in [-0.2, 0) is 14.3 Å². The van der Waals surface area contributed by atoms with Crippen LogP contribution in [0.15, 0.2) is 30.3 Å². The van der Waals surface area contributed by atoms with Crippen molar-refractivity contribution in [1.82, 2.24) is 10.2 Å². The molecule has 1 fully saturated rings. The second kappa shape index (κ2) is 8.53. The highest BCUT2D eigenvalue weighted by Gasteiger charge is 2.29. The Morgan fingerprint density at radius 1 is 1.30 bits per heavy atom. The number of hydrogen-bond acceptors (Lipinski definition) is 4. The van der Waals surface area contributed by atoms with Crippen LogP contribution in [0.3, 0.4) is 0 Å². The van der Waals surface area contributed by atoms with Crippen LogP contribution in [0.5, 0.6) is 0 Å². The first-order valence-corrected chi connectivity index (χ1v) is 7.99. The van der Waals surface area contributed by atoms with Gasteiger partial charge in [-0.3, -0.25) is 4.79 Å². The number of rotatable bonds is 5. The Morgan fingerprint density at radius 3 is 2.74 bits per heavy atom. The van der Waals surface area contributed by atoms with E-state index in [1.165, 1.54) is 0 Å². The summed E-state index contributed by atoms with van der Waals surface area (Å²) in [5.74, 6) is 0.0119. The van der Waals surface area contributed by atoms with Crippen LogP contribution in [0.2, 0.25) is 0 Å². The smallest absolute Gasteiger partial charge is 0.407 e. The average molecular weight is 320 g/mol. The Morgan fingerprint density at radius 2 is 2.04 bits per heavy atom. The van der Waals surface area contributed by atoms with Crippen LogP contribution in [0.25, 0.3) is 0 Å². The van der Waals surface area contributed by atoms with E-state index < -0.39 is 6.09 Å². The molecule has 23 heavy (non-hydrogen) atoms. The van der Waals surface area contributed by atoms with Crippen LogP contribution in [0, 0.1) is 0 Å². The minimum atomic E-state index is -0.488. The summed E-state index contributed by atoms with van der Waals surface area (Å²) in [6.45, 7) is 5.41. The number of hydrogen-bond donors (Lipinski definition) is 1. The fraction of sp³-hybridized carbons (Fsp3) is 0.529. The first-order chi connectivity index (χ1) is 11.1. The number of morpholine rings is 1. The molecule has 2 atom stereocenters. The highest BCUT2D eigenvalue weighted by Crippen LogP contribution is 2.25. The quantitative estimate of drug-likeness (QED) is 0.902. The van der Waals surface area contributed by atoms with E-state index in [9.17, 15) is 9.59 Å². The van der Waals surface area contributed by atoms with Crippen molar-refractivity contribution < 1.29 is 19.1 Å². The van der Waals surface area contributed by atoms with Gasteiger partial charge in [0.2, 0.25) is 5.91 Å². The first-order valence-electron chi connectivity index (χ1n) is 7.99. The molecule has 1 saturated heterocycles. The number of ether oxygens (including phenoxy) is 2. The maximum atomic E-state index is 12.3. The van der Waals surface area contributed by atoms with Crippen molar-refractivity contribution in [3.05, 3.63) is 35.9 Å². The number of alkyl carbamates (subject to hydrolysis) is 1. The number of amides is 2. The zero-order valence-corrected chi connectivity index (χ0v) is 13.7. The van der Waals surface area contributed by atoms with Crippen molar-refractivity contribution in [2.75, 3.05) is 26.2 Å². The lowest BCUT2D eigenvalue weighted by molar-refractivity contribution is -0.144. The topological polar surface area (TPSA) is 67.9 Å². The molecule has 2 rings (SSSR count). The van der Waals surface area contributed by atoms with E-state index >= 15 is 0 Å². The Hall–Kier alpha value is -2.08. The maximum absolute atomic E-state index is 12.3. The summed E-state index contributed by atoms with van der Waals surface area (Å²) >= 11 is 0. The minimum Gasteiger partial charge on any atom is -0.450 e. The Kier molecular flexibility index (Phi) is 6.40. The zero-order chi connectivity index (χ0) is 16.7. The lowest BCUT2D eigenvalue weighted by Crippen LogP contribution is -2.46. The normalized spacial score (nSPS) is 20.9. The predicted molar refractivity (Wildman–Crippen MR) is 86.0 cm³/mol. The second-order valence-corrected chi connectivity index (χ2v) is 5.54. The monoisotopic (exact) mass is 320 g/mol. The van der Waals surface area contributed by atoms with Gasteiger partial charge in [0.05, 0.1) is 19.3 Å². The molecular formula is C17H24N2O4. The fourth-order valence-corrected chi connectivity index (χ4v) is 2.62. The van der Waals surface area contributed by atoms with E-state index in [4.69, 9.17) is 9.47 Å². The maximum Gasteiger partial charge on any atom is 0.407 e. The lowest BCUT2D eigenvalue weighted by Gasteiger charge is -2.37. The molecule has 1 aliphatic rings. The number of benzene rings is 1. The molecule has 1 aromatic carbocycles. The van der Waals surface area contributed by atoms with Gasteiger partial charge in [-0.05, 0) is 19.4 Å². The van der Waals surface area contributed by atoms with Gasteiger partial charge in [0.1, 0.15) is 6.10 Å². The summed E-state index contributed by atoms with van der Waals surface area (Å²) in [5.41, 5.74) is 1.07. The lowest BCUT2D eigenvalue weighted by atomic mass is 10.1. The average Bonchev–Trinajstić information content (AvgIpc) is 2.55. The van der Waals surface area contributed by atoms with Gasteiger partial charge in [0, 0.05) is 19.5 Å². The third kappa shape index (κ3) is 5.25. The summed E-state index contributed by atoms with van der Waals surface area (Å²) in [6, 6.07) is 9.90. The molecule has 6 heteroatoms. The molecule has 2 amide bonds. The molecule has 0 spiro atoms. The van der Waals surface area contributed by atoms with Crippen molar-refractivity contribution in [1.29, 1.82) is 0 Å². The van der Waals surface area contributed by atoms with Crippen molar-refractivity contribution in [3.63, 3.8) is 0 Å². The molecule has 0 unspecified atom stereocenters. The largest absolute Gasteiger partial charge is 0.450 e. The van der Waals surface area contributed by atoms with Gasteiger partial charge in [-0.2, -0.15) is 0 Å². The van der Waals surface area contributed by atoms with Gasteiger partial charge in [0.15, 0.2) is 0 Å². The first kappa shape index (κ1) is 17.3. The van der Waals surface area contributed by atoms with Crippen LogP contribution in [-0.4, -0.2) is 49.2 Å². The summed E-state index contributed by atoms with van der Waals surface area (Å²) in [5, 5.41) is 2.57. The van der Waals surface area contributed by atoms with Crippen LogP contribution < -0.4 is 5.32 Å². The second-order valence-electron chi connectivity index (χ2n) is 5.54. The SMILES string of the molecule is CCOC(=O)NCCC(=O)N1C[C@@H](c2ccccc2)O[C@@H](C)C1. The van der Waals surface area contributed by atoms with E-state index in [-0.39, 0.29) is 31.1 Å². The van der Waals surface area contributed by atoms with Gasteiger partial charge in [0.25, 0.3) is 0 Å². The fourth-order valence-electron chi connectivity index (χ4n) is 2.62. The van der Waals surface area contributed by atoms with Crippen molar-refractivity contribution in [3.8, 4) is 0 Å². The van der Waals surface area contributed by atoms with E-state index in [0.717, 1.165) is 5.56 Å². The van der Waals surface area contributed by atoms with Gasteiger partial charge >= 0.3 is 6.09 Å². The molecule has 0 aliphatic carbocycles. The Balaban J connectivity index is 1.86. The summed E-state index contributed by atoms with van der Waals surface area (Å²) in [7, 11) is 0. The van der Waals surface area contributed by atoms with Gasteiger partial charge in [-0.1, -0.05) is 30.3 Å². The van der Waals surface area contributed by atoms with Crippen LogP contribution in [0.4, 0.5) is 4.79 Å². The van der Waals surface area contributed by atoms with Crippen molar-refractivity contribution in [2.45, 2.75) is 32.5 Å². The zero-order valence-electron chi connectivity index (χ0n) is 13.7. The highest BCUT2D eigenvalue weighted by atomic mass is 16.5. The molecular weight excluding hydrogens is 296 g/mol. The summed E-state index contributed by atoms with van der Waals surface area (Å²) in [6.07, 6.45) is -0.358. The number of nitrogens with one attached hydrogen (secondary N) is 1. The molecule has 1 aromatic rings. The van der Waals surface area contributed by atoms with E-state index in [1.54, 1.807) is 11.8 Å². The molecule has 1 aliphatic heterocycles. The molecule has 0 aromatic heterocycles. The molecule has 0 saturated carbocycles. The third-order valence-corrected chi connectivity index (χ3v) is 3.67. The molecule has 0 radical (unpaired) electrons. The van der Waals surface area contributed by atoms with E-state index in [0.29, 0.717) is 19.7 Å². The molecule has 0 bridgehead atoms. The van der Waals surface area contributed by atoms with Gasteiger partial charge in [-0.25, -0.2) is 4.79 Å². The van der Waals surface area contributed by atoms with Gasteiger partial charge < -0.3 is 19.7 Å². The highest BCUT2D eigenvalue weighted by molar-refractivity contribution is 5.77. The van der Waals surface area contributed by atoms with Crippen molar-refractivity contribution in [2.24, 2.45) is 0 Å². The predicted octanol–water partition coefficient (Wildman–Crippen LogP) is 2.11. The molecule has 6 nitrogen and oxygen atoms in total. The van der Waals surface area contributed by atoms with Crippen LogP contribution in [0.1, 0.15) is 31.9 Å². The number of carbonyl (C=O) groups is 2. The molecule has 1 N–H and O–H groups in total. The minimum absolute atomic E-state index is 0.0119. The van der Waals surface area contributed by atoms with E-state index in [2.05, 4.69) is 5.32 Å². The third-order valence-electron chi connectivity index (χ3n) is 3.67. The summed E-state index contributed by atoms with van der Waals surface area (Å²) in [4.78, 5) is 25.4. The van der Waals surface area contributed by atoms with Gasteiger partial charge in [-0.15, -0.1) is 0 Å². The Labute approximate surface area is 136 Å². The summed E-state index contributed by atoms with van der Waals surface area (Å²) < 4.78 is 10.7. The number of nitrogens with zero attached hydrogens (tertiary/aromatic N) is 1. The van der Waals surface area contributed by atoms with Crippen LogP contribution >= 0.6 is 0 Å². The Bertz CT molecular complexity index is 521. The standard InChI is InChI=1S/C17H24N2O4/c1-3-22-17(21)18-10-9-16(20)19-11-13(2)23-15(12-19)14-7-5-4-6-8-14/h4-8,13,15H,3,9-12H2,1-2H3,(H,18,21)/t13-,15-/m0/s1. The molecule has 126 valence electrons.